The first-order valence-electron chi connectivity index (χ1n) is 9.89. The van der Waals surface area contributed by atoms with Gasteiger partial charge in [-0.25, -0.2) is 0 Å². The summed E-state index contributed by atoms with van der Waals surface area (Å²) in [5, 5.41) is 14.9. The number of rotatable bonds is 5. The Morgan fingerprint density at radius 3 is 2.86 bits per heavy atom. The van der Waals surface area contributed by atoms with Crippen molar-refractivity contribution in [1.29, 1.82) is 0 Å². The number of nitrogens with zero attached hydrogens (tertiary/aromatic N) is 2. The van der Waals surface area contributed by atoms with Gasteiger partial charge in [0.1, 0.15) is 6.04 Å². The number of nitrogens with one attached hydrogen (secondary N) is 2. The number of carbonyl (C=O) groups excluding carboxylic acids is 3. The van der Waals surface area contributed by atoms with Gasteiger partial charge >= 0.3 is 0 Å². The number of fused-ring (bicyclic) bond motifs is 1. The average molecular weight is 386 g/mol. The number of hydrogen-bond donors (Lipinski definition) is 3. The van der Waals surface area contributed by atoms with Crippen molar-refractivity contribution in [3.05, 3.63) is 34.9 Å². The maximum Gasteiger partial charge on any atom is 0.255 e. The molecular weight excluding hydrogens is 360 g/mol. The Hall–Kier alpha value is -2.29. The van der Waals surface area contributed by atoms with Gasteiger partial charge in [-0.3, -0.25) is 24.6 Å². The Morgan fingerprint density at radius 1 is 1.21 bits per heavy atom. The molecule has 0 bridgehead atoms. The van der Waals surface area contributed by atoms with Gasteiger partial charge in [-0.15, -0.1) is 0 Å². The lowest BCUT2D eigenvalue weighted by Crippen LogP contribution is -2.52. The van der Waals surface area contributed by atoms with Crippen molar-refractivity contribution in [3.63, 3.8) is 0 Å². The number of hydrogen-bond acceptors (Lipinski definition) is 6. The molecule has 1 aromatic rings. The van der Waals surface area contributed by atoms with E-state index in [9.17, 15) is 19.5 Å². The summed E-state index contributed by atoms with van der Waals surface area (Å²) in [5.41, 5.74) is 2.74. The van der Waals surface area contributed by atoms with Gasteiger partial charge in [-0.2, -0.15) is 0 Å². The molecule has 8 heteroatoms. The molecule has 0 spiro atoms. The zero-order valence-corrected chi connectivity index (χ0v) is 15.8. The normalized spacial score (nSPS) is 25.8. The number of aliphatic hydroxyl groups is 1. The predicted octanol–water partition coefficient (Wildman–Crippen LogP) is -0.396. The number of imide groups is 1. The van der Waals surface area contributed by atoms with E-state index in [4.69, 9.17) is 0 Å². The molecule has 3 aliphatic rings. The lowest BCUT2D eigenvalue weighted by molar-refractivity contribution is -0.136. The molecule has 150 valence electrons. The Balaban J connectivity index is 1.50. The molecule has 3 N–H and O–H groups in total. The highest BCUT2D eigenvalue weighted by molar-refractivity contribution is 6.05. The van der Waals surface area contributed by atoms with Crippen LogP contribution in [0.3, 0.4) is 0 Å². The molecule has 2 unspecified atom stereocenters. The zero-order chi connectivity index (χ0) is 19.7. The largest absolute Gasteiger partial charge is 0.396 e. The molecule has 2 atom stereocenters. The van der Waals surface area contributed by atoms with Crippen molar-refractivity contribution in [2.75, 3.05) is 26.2 Å². The monoisotopic (exact) mass is 386 g/mol. The minimum atomic E-state index is -0.585. The van der Waals surface area contributed by atoms with Gasteiger partial charge in [0.25, 0.3) is 5.91 Å². The van der Waals surface area contributed by atoms with Crippen LogP contribution in [0.1, 0.15) is 40.7 Å². The molecule has 0 saturated carbocycles. The summed E-state index contributed by atoms with van der Waals surface area (Å²) in [4.78, 5) is 40.5. The van der Waals surface area contributed by atoms with E-state index in [1.165, 1.54) is 0 Å². The van der Waals surface area contributed by atoms with E-state index < -0.39 is 6.04 Å². The molecule has 2 saturated heterocycles. The standard InChI is InChI=1S/C20H26N4O4/c25-9-6-14-11-23(8-7-21-14)10-13-2-1-3-15-16(13)12-24(20(15)28)17-4-5-18(26)22-19(17)27/h1-3,14,17,21,25H,4-12H2,(H,22,26,27). The first kappa shape index (κ1) is 19.0. The molecule has 0 aromatic heterocycles. The van der Waals surface area contributed by atoms with Crippen LogP contribution in [0.25, 0.3) is 0 Å². The minimum Gasteiger partial charge on any atom is -0.396 e. The van der Waals surface area contributed by atoms with E-state index in [-0.39, 0.29) is 36.8 Å². The van der Waals surface area contributed by atoms with E-state index >= 15 is 0 Å². The van der Waals surface area contributed by atoms with E-state index in [1.54, 1.807) is 4.90 Å². The van der Waals surface area contributed by atoms with Crippen LogP contribution in [-0.2, 0) is 22.7 Å². The second kappa shape index (κ2) is 7.98. The van der Waals surface area contributed by atoms with Crippen molar-refractivity contribution < 1.29 is 19.5 Å². The van der Waals surface area contributed by atoms with Gasteiger partial charge < -0.3 is 15.3 Å². The highest BCUT2D eigenvalue weighted by Gasteiger charge is 2.39. The van der Waals surface area contributed by atoms with Gasteiger partial charge in [-0.1, -0.05) is 12.1 Å². The summed E-state index contributed by atoms with van der Waals surface area (Å²) in [7, 11) is 0. The van der Waals surface area contributed by atoms with E-state index in [1.807, 2.05) is 18.2 Å². The number of benzene rings is 1. The van der Waals surface area contributed by atoms with Crippen LogP contribution in [0.2, 0.25) is 0 Å². The first-order chi connectivity index (χ1) is 13.6. The number of carbonyl (C=O) groups is 3. The summed E-state index contributed by atoms with van der Waals surface area (Å²) < 4.78 is 0. The van der Waals surface area contributed by atoms with Crippen LogP contribution in [-0.4, -0.2) is 71.0 Å². The Morgan fingerprint density at radius 2 is 2.07 bits per heavy atom. The maximum absolute atomic E-state index is 12.9. The first-order valence-corrected chi connectivity index (χ1v) is 9.89. The van der Waals surface area contributed by atoms with Crippen LogP contribution < -0.4 is 10.6 Å². The lowest BCUT2D eigenvalue weighted by atomic mass is 10.0. The molecule has 2 fully saturated rings. The number of aliphatic hydroxyl groups excluding tert-OH is 1. The van der Waals surface area contributed by atoms with Crippen LogP contribution >= 0.6 is 0 Å². The molecule has 3 heterocycles. The molecular formula is C20H26N4O4. The van der Waals surface area contributed by atoms with Crippen molar-refractivity contribution in [3.8, 4) is 0 Å². The van der Waals surface area contributed by atoms with Crippen LogP contribution in [0.15, 0.2) is 18.2 Å². The molecule has 0 aliphatic carbocycles. The van der Waals surface area contributed by atoms with Crippen molar-refractivity contribution >= 4 is 17.7 Å². The smallest absolute Gasteiger partial charge is 0.255 e. The molecule has 28 heavy (non-hydrogen) atoms. The highest BCUT2D eigenvalue weighted by Crippen LogP contribution is 2.30. The van der Waals surface area contributed by atoms with Gasteiger partial charge in [0.05, 0.1) is 0 Å². The maximum atomic E-state index is 12.9. The van der Waals surface area contributed by atoms with Gasteiger partial charge in [0, 0.05) is 57.4 Å². The molecule has 1 aromatic carbocycles. The second-order valence-electron chi connectivity index (χ2n) is 7.74. The lowest BCUT2D eigenvalue weighted by Gasteiger charge is -2.34. The summed E-state index contributed by atoms with van der Waals surface area (Å²) in [6.45, 7) is 3.96. The van der Waals surface area contributed by atoms with Crippen LogP contribution in [0.4, 0.5) is 0 Å². The molecule has 3 aliphatic heterocycles. The fraction of sp³-hybridized carbons (Fsp3) is 0.550. The summed E-state index contributed by atoms with van der Waals surface area (Å²) >= 11 is 0. The van der Waals surface area contributed by atoms with E-state index in [0.717, 1.165) is 43.7 Å². The molecule has 0 radical (unpaired) electrons. The highest BCUT2D eigenvalue weighted by atomic mass is 16.3. The fourth-order valence-corrected chi connectivity index (χ4v) is 4.43. The van der Waals surface area contributed by atoms with Crippen molar-refractivity contribution in [1.82, 2.24) is 20.4 Å². The van der Waals surface area contributed by atoms with E-state index in [0.29, 0.717) is 18.5 Å². The van der Waals surface area contributed by atoms with Crippen molar-refractivity contribution in [2.24, 2.45) is 0 Å². The van der Waals surface area contributed by atoms with E-state index in [2.05, 4.69) is 15.5 Å². The van der Waals surface area contributed by atoms with Crippen LogP contribution in [0.5, 0.6) is 0 Å². The second-order valence-corrected chi connectivity index (χ2v) is 7.74. The SMILES string of the molecule is O=C1CCC(N2Cc3c(CN4CCNC(CCO)C4)cccc3C2=O)C(=O)N1. The third-order valence-corrected chi connectivity index (χ3v) is 5.89. The number of piperidine rings is 1. The Labute approximate surface area is 163 Å². The van der Waals surface area contributed by atoms with Crippen LogP contribution in [0, 0.1) is 0 Å². The summed E-state index contributed by atoms with van der Waals surface area (Å²) in [5.74, 6) is -0.792. The third-order valence-electron chi connectivity index (χ3n) is 5.89. The molecule has 4 rings (SSSR count). The minimum absolute atomic E-state index is 0.134. The van der Waals surface area contributed by atoms with Crippen molar-refractivity contribution in [2.45, 2.75) is 44.4 Å². The third kappa shape index (κ3) is 3.67. The number of piperazine rings is 1. The fourth-order valence-electron chi connectivity index (χ4n) is 4.43. The Kier molecular flexibility index (Phi) is 5.43. The zero-order valence-electron chi connectivity index (χ0n) is 15.8. The molecule has 3 amide bonds. The summed E-state index contributed by atoms with van der Waals surface area (Å²) in [6.07, 6.45) is 1.36. The molecule has 8 nitrogen and oxygen atoms in total. The topological polar surface area (TPSA) is 102 Å². The predicted molar refractivity (Wildman–Crippen MR) is 101 cm³/mol. The Bertz CT molecular complexity index is 794. The average Bonchev–Trinajstić information content (AvgIpc) is 3.00. The van der Waals surface area contributed by atoms with Gasteiger partial charge in [-0.05, 0) is 30.0 Å². The summed E-state index contributed by atoms with van der Waals surface area (Å²) in [6, 6.07) is 5.45. The van der Waals surface area contributed by atoms with Gasteiger partial charge in [0.15, 0.2) is 0 Å². The van der Waals surface area contributed by atoms with Gasteiger partial charge in [0.2, 0.25) is 11.8 Å². The quantitative estimate of drug-likeness (QED) is 0.596. The number of amides is 3.